The number of aromatic nitrogens is 4. The van der Waals surface area contributed by atoms with Crippen LogP contribution in [0.4, 0.5) is 0 Å². The van der Waals surface area contributed by atoms with E-state index in [2.05, 4.69) is 0 Å². The fourth-order valence-electron chi connectivity index (χ4n) is 3.68. The first-order valence-corrected chi connectivity index (χ1v) is 9.64. The van der Waals surface area contributed by atoms with Crippen molar-refractivity contribution in [2.24, 2.45) is 14.1 Å². The van der Waals surface area contributed by atoms with Crippen molar-refractivity contribution in [3.8, 4) is 0 Å². The van der Waals surface area contributed by atoms with E-state index in [1.54, 1.807) is 7.05 Å². The molecule has 0 amide bonds. The lowest BCUT2D eigenvalue weighted by molar-refractivity contribution is -0.922. The first-order valence-electron chi connectivity index (χ1n) is 9.26. The maximum absolute atomic E-state index is 12.9. The SMILES string of the molecule is Cn1c(=O)c2c(nc(C[NH+]3CCOCC3)n2Cc2cccc(Cl)c2)n(C)c1=O. The summed E-state index contributed by atoms with van der Waals surface area (Å²) in [6.07, 6.45) is 0. The Labute approximate surface area is 166 Å². The van der Waals surface area contributed by atoms with E-state index in [1.165, 1.54) is 16.5 Å². The summed E-state index contributed by atoms with van der Waals surface area (Å²) < 4.78 is 9.93. The van der Waals surface area contributed by atoms with Crippen LogP contribution >= 0.6 is 11.6 Å². The van der Waals surface area contributed by atoms with Gasteiger partial charge in [0.1, 0.15) is 19.6 Å². The number of benzene rings is 1. The summed E-state index contributed by atoms with van der Waals surface area (Å²) in [5.41, 5.74) is 1.11. The van der Waals surface area contributed by atoms with Crippen molar-refractivity contribution >= 4 is 22.8 Å². The molecule has 1 aromatic carbocycles. The van der Waals surface area contributed by atoms with Crippen LogP contribution in [0.25, 0.3) is 11.2 Å². The van der Waals surface area contributed by atoms with Gasteiger partial charge in [0, 0.05) is 25.7 Å². The normalized spacial score (nSPS) is 15.4. The number of halogens is 1. The van der Waals surface area contributed by atoms with Gasteiger partial charge in [-0.1, -0.05) is 23.7 Å². The second-order valence-corrected chi connectivity index (χ2v) is 7.60. The van der Waals surface area contributed by atoms with Crippen molar-refractivity contribution in [2.75, 3.05) is 26.3 Å². The molecule has 9 heteroatoms. The predicted octanol–water partition coefficient (Wildman–Crippen LogP) is -0.449. The fraction of sp³-hybridized carbons (Fsp3) is 0.421. The van der Waals surface area contributed by atoms with Crippen LogP contribution in [0, 0.1) is 0 Å². The van der Waals surface area contributed by atoms with Gasteiger partial charge in [0.05, 0.1) is 13.2 Å². The van der Waals surface area contributed by atoms with Crippen LogP contribution in [0.15, 0.2) is 33.9 Å². The van der Waals surface area contributed by atoms with Crippen molar-refractivity contribution < 1.29 is 9.64 Å². The molecule has 1 aliphatic rings. The zero-order valence-corrected chi connectivity index (χ0v) is 16.7. The Morgan fingerprint density at radius 1 is 1.18 bits per heavy atom. The molecule has 0 atom stereocenters. The molecular formula is C19H23ClN5O3+. The number of imidazole rings is 1. The largest absolute Gasteiger partial charge is 0.370 e. The van der Waals surface area contributed by atoms with E-state index in [0.717, 1.165) is 29.0 Å². The molecular weight excluding hydrogens is 382 g/mol. The molecule has 1 N–H and O–H groups in total. The molecule has 3 heterocycles. The van der Waals surface area contributed by atoms with Gasteiger partial charge in [-0.15, -0.1) is 0 Å². The monoisotopic (exact) mass is 404 g/mol. The van der Waals surface area contributed by atoms with Crippen molar-refractivity contribution in [1.29, 1.82) is 0 Å². The Balaban J connectivity index is 1.88. The summed E-state index contributed by atoms with van der Waals surface area (Å²) in [4.78, 5) is 31.3. The van der Waals surface area contributed by atoms with Crippen LogP contribution in [-0.2, 0) is 31.9 Å². The Morgan fingerprint density at radius 2 is 1.93 bits per heavy atom. The zero-order valence-electron chi connectivity index (χ0n) is 15.9. The minimum atomic E-state index is -0.379. The van der Waals surface area contributed by atoms with E-state index >= 15 is 0 Å². The van der Waals surface area contributed by atoms with E-state index in [9.17, 15) is 9.59 Å². The van der Waals surface area contributed by atoms with Gasteiger partial charge in [0.15, 0.2) is 17.0 Å². The van der Waals surface area contributed by atoms with Crippen LogP contribution < -0.4 is 16.1 Å². The first kappa shape index (κ1) is 18.9. The number of aryl methyl sites for hydroxylation is 1. The second kappa shape index (κ2) is 7.54. The number of morpholine rings is 1. The molecule has 0 aliphatic carbocycles. The standard InChI is InChI=1S/C19H22ClN5O3/c1-22-17-16(18(26)23(2)19(22)27)25(11-13-4-3-5-14(20)10-13)15(21-17)12-24-6-8-28-9-7-24/h3-5,10H,6-9,11-12H2,1-2H3/p+1. The van der Waals surface area contributed by atoms with Gasteiger partial charge in [-0.25, -0.2) is 9.78 Å². The number of ether oxygens (including phenoxy) is 1. The summed E-state index contributed by atoms with van der Waals surface area (Å²) >= 11 is 6.15. The highest BCUT2D eigenvalue weighted by Gasteiger charge is 2.23. The average molecular weight is 405 g/mol. The van der Waals surface area contributed by atoms with Gasteiger partial charge in [0.2, 0.25) is 0 Å². The Kier molecular flexibility index (Phi) is 5.09. The molecule has 0 radical (unpaired) electrons. The van der Waals surface area contributed by atoms with Crippen molar-refractivity contribution in [1.82, 2.24) is 18.7 Å². The molecule has 0 saturated carbocycles. The third-order valence-electron chi connectivity index (χ3n) is 5.26. The third kappa shape index (κ3) is 3.39. The van der Waals surface area contributed by atoms with E-state index in [4.69, 9.17) is 21.3 Å². The summed E-state index contributed by atoms with van der Waals surface area (Å²) in [6, 6.07) is 7.55. The lowest BCUT2D eigenvalue weighted by atomic mass is 10.2. The molecule has 0 unspecified atom stereocenters. The molecule has 2 aromatic heterocycles. The van der Waals surface area contributed by atoms with Gasteiger partial charge >= 0.3 is 5.69 Å². The van der Waals surface area contributed by atoms with Gasteiger partial charge in [-0.2, -0.15) is 0 Å². The van der Waals surface area contributed by atoms with Crippen LogP contribution in [0.3, 0.4) is 0 Å². The first-order chi connectivity index (χ1) is 13.5. The van der Waals surface area contributed by atoms with Crippen molar-refractivity contribution in [2.45, 2.75) is 13.1 Å². The van der Waals surface area contributed by atoms with Gasteiger partial charge in [0.25, 0.3) is 5.56 Å². The molecule has 1 aliphatic heterocycles. The minimum absolute atomic E-state index is 0.337. The number of nitrogens with zero attached hydrogens (tertiary/aromatic N) is 4. The summed E-state index contributed by atoms with van der Waals surface area (Å²) in [5.74, 6) is 0.783. The molecule has 0 spiro atoms. The molecule has 0 bridgehead atoms. The summed E-state index contributed by atoms with van der Waals surface area (Å²) in [6.45, 7) is 4.32. The van der Waals surface area contributed by atoms with E-state index < -0.39 is 0 Å². The van der Waals surface area contributed by atoms with Gasteiger partial charge in [-0.3, -0.25) is 13.9 Å². The molecule has 1 saturated heterocycles. The predicted molar refractivity (Wildman–Crippen MR) is 106 cm³/mol. The molecule has 148 valence electrons. The maximum Gasteiger partial charge on any atom is 0.332 e. The Hall–Kier alpha value is -2.42. The van der Waals surface area contributed by atoms with Crippen LogP contribution in [0.2, 0.25) is 5.02 Å². The van der Waals surface area contributed by atoms with Crippen LogP contribution in [0.1, 0.15) is 11.4 Å². The minimum Gasteiger partial charge on any atom is -0.370 e. The Bertz CT molecular complexity index is 1140. The molecule has 4 rings (SSSR count). The summed E-state index contributed by atoms with van der Waals surface area (Å²) in [5, 5.41) is 0.641. The quantitative estimate of drug-likeness (QED) is 0.639. The third-order valence-corrected chi connectivity index (χ3v) is 5.50. The van der Waals surface area contributed by atoms with Crippen molar-refractivity contribution in [3.05, 3.63) is 61.5 Å². The van der Waals surface area contributed by atoms with Gasteiger partial charge in [-0.05, 0) is 17.7 Å². The number of fused-ring (bicyclic) bond motifs is 1. The highest BCUT2D eigenvalue weighted by molar-refractivity contribution is 6.30. The Morgan fingerprint density at radius 3 is 2.64 bits per heavy atom. The number of rotatable bonds is 4. The lowest BCUT2D eigenvalue weighted by Gasteiger charge is -2.23. The van der Waals surface area contributed by atoms with E-state index in [0.29, 0.717) is 42.5 Å². The molecule has 8 nitrogen and oxygen atoms in total. The average Bonchev–Trinajstić information content (AvgIpc) is 3.03. The maximum atomic E-state index is 12.9. The molecule has 3 aromatic rings. The van der Waals surface area contributed by atoms with E-state index in [-0.39, 0.29) is 11.2 Å². The molecule has 28 heavy (non-hydrogen) atoms. The smallest absolute Gasteiger partial charge is 0.332 e. The topological polar surface area (TPSA) is 75.5 Å². The zero-order chi connectivity index (χ0) is 19.8. The summed E-state index contributed by atoms with van der Waals surface area (Å²) in [7, 11) is 3.14. The second-order valence-electron chi connectivity index (χ2n) is 7.16. The number of quaternary nitrogens is 1. The molecule has 1 fully saturated rings. The lowest BCUT2D eigenvalue weighted by Crippen LogP contribution is -3.12. The fourth-order valence-corrected chi connectivity index (χ4v) is 3.89. The van der Waals surface area contributed by atoms with Crippen molar-refractivity contribution in [3.63, 3.8) is 0 Å². The highest BCUT2D eigenvalue weighted by atomic mass is 35.5. The van der Waals surface area contributed by atoms with Gasteiger partial charge < -0.3 is 14.2 Å². The highest BCUT2D eigenvalue weighted by Crippen LogP contribution is 2.16. The number of nitrogens with one attached hydrogen (secondary N) is 1. The van der Waals surface area contributed by atoms with E-state index in [1.807, 2.05) is 28.8 Å². The number of hydrogen-bond donors (Lipinski definition) is 1. The van der Waals surface area contributed by atoms with Crippen LogP contribution in [-0.4, -0.2) is 45.0 Å². The van der Waals surface area contributed by atoms with Crippen LogP contribution in [0.5, 0.6) is 0 Å². The number of hydrogen-bond acceptors (Lipinski definition) is 4.